The summed E-state index contributed by atoms with van der Waals surface area (Å²) in [5.41, 5.74) is 4.06. The van der Waals surface area contributed by atoms with Crippen LogP contribution in [0.25, 0.3) is 0 Å². The Morgan fingerprint density at radius 2 is 1.46 bits per heavy atom. The highest BCUT2D eigenvalue weighted by Crippen LogP contribution is 2.18. The Bertz CT molecular complexity index is 846. The van der Waals surface area contributed by atoms with Crippen molar-refractivity contribution in [3.63, 3.8) is 0 Å². The molecule has 1 fully saturated rings. The van der Waals surface area contributed by atoms with Crippen molar-refractivity contribution in [2.75, 3.05) is 37.6 Å². The fourth-order valence-electron chi connectivity index (χ4n) is 3.89. The summed E-state index contributed by atoms with van der Waals surface area (Å²) >= 11 is 0. The molecule has 146 valence electrons. The molecule has 0 amide bonds. The van der Waals surface area contributed by atoms with E-state index in [1.165, 1.54) is 16.8 Å². The van der Waals surface area contributed by atoms with Crippen molar-refractivity contribution in [3.8, 4) is 0 Å². The Labute approximate surface area is 168 Å². The summed E-state index contributed by atoms with van der Waals surface area (Å²) in [6.07, 6.45) is 2.96. The van der Waals surface area contributed by atoms with Gasteiger partial charge in [0.05, 0.1) is 0 Å². The van der Waals surface area contributed by atoms with Gasteiger partial charge in [0.15, 0.2) is 0 Å². The molecule has 0 atom stereocenters. The molecule has 1 aliphatic rings. The molecule has 1 aromatic heterocycles. The number of benzene rings is 2. The third-order valence-corrected chi connectivity index (χ3v) is 5.69. The van der Waals surface area contributed by atoms with E-state index in [2.05, 4.69) is 83.5 Å². The van der Waals surface area contributed by atoms with Crippen LogP contribution < -0.4 is 4.90 Å². The molecule has 2 heterocycles. The highest BCUT2D eigenvalue weighted by Gasteiger charge is 2.17. The summed E-state index contributed by atoms with van der Waals surface area (Å²) in [5, 5.41) is 0. The van der Waals surface area contributed by atoms with Gasteiger partial charge in [0.2, 0.25) is 0 Å². The SMILES string of the molecule is CCc1ccc(N2CCN(CCc3ccc(Cc4ccccc4)o3)CC2)cc1. The molecule has 0 radical (unpaired) electrons. The zero-order chi connectivity index (χ0) is 19.2. The minimum atomic E-state index is 0.871. The molecule has 2 aromatic carbocycles. The second kappa shape index (κ2) is 9.11. The first-order chi connectivity index (χ1) is 13.8. The van der Waals surface area contributed by atoms with Gasteiger partial charge in [-0.05, 0) is 41.8 Å². The number of rotatable bonds is 7. The Balaban J connectivity index is 1.23. The summed E-state index contributed by atoms with van der Waals surface area (Å²) < 4.78 is 6.05. The maximum Gasteiger partial charge on any atom is 0.108 e. The van der Waals surface area contributed by atoms with Gasteiger partial charge in [-0.25, -0.2) is 0 Å². The second-order valence-corrected chi connectivity index (χ2v) is 7.63. The van der Waals surface area contributed by atoms with Crippen molar-refractivity contribution in [1.82, 2.24) is 4.90 Å². The Morgan fingerprint density at radius 3 is 2.18 bits per heavy atom. The lowest BCUT2D eigenvalue weighted by Gasteiger charge is -2.36. The average molecular weight is 375 g/mol. The number of hydrogen-bond acceptors (Lipinski definition) is 3. The van der Waals surface area contributed by atoms with Gasteiger partial charge in [0.25, 0.3) is 0 Å². The average Bonchev–Trinajstić information content (AvgIpc) is 3.21. The second-order valence-electron chi connectivity index (χ2n) is 7.63. The zero-order valence-electron chi connectivity index (χ0n) is 16.8. The first-order valence-corrected chi connectivity index (χ1v) is 10.5. The predicted molar refractivity (Wildman–Crippen MR) is 116 cm³/mol. The van der Waals surface area contributed by atoms with Crippen LogP contribution in [-0.2, 0) is 19.3 Å². The predicted octanol–water partition coefficient (Wildman–Crippen LogP) is 4.80. The van der Waals surface area contributed by atoms with Crippen LogP contribution in [0.15, 0.2) is 71.1 Å². The van der Waals surface area contributed by atoms with Crippen molar-refractivity contribution >= 4 is 5.69 Å². The molecular formula is C25H30N2O. The molecular weight excluding hydrogens is 344 g/mol. The van der Waals surface area contributed by atoms with E-state index in [1.54, 1.807) is 0 Å². The first kappa shape index (κ1) is 18.8. The fourth-order valence-corrected chi connectivity index (χ4v) is 3.89. The standard InChI is InChI=1S/C25H30N2O/c1-2-21-8-10-23(11-9-21)27-18-16-26(17-19-27)15-14-24-12-13-25(28-24)20-22-6-4-3-5-7-22/h3-13H,2,14-20H2,1H3. The van der Waals surface area contributed by atoms with Crippen LogP contribution in [0.5, 0.6) is 0 Å². The molecule has 4 rings (SSSR count). The van der Waals surface area contributed by atoms with Crippen LogP contribution in [0.4, 0.5) is 5.69 Å². The summed E-state index contributed by atoms with van der Waals surface area (Å²) in [4.78, 5) is 5.05. The fraction of sp³-hybridized carbons (Fsp3) is 0.360. The van der Waals surface area contributed by atoms with E-state index in [1.807, 2.05) is 0 Å². The van der Waals surface area contributed by atoms with Crippen LogP contribution in [0.2, 0.25) is 0 Å². The third-order valence-electron chi connectivity index (χ3n) is 5.69. The van der Waals surface area contributed by atoms with Gasteiger partial charge in [-0.3, -0.25) is 4.90 Å². The quantitative estimate of drug-likeness (QED) is 0.592. The van der Waals surface area contributed by atoms with Gasteiger partial charge in [0, 0.05) is 51.3 Å². The minimum Gasteiger partial charge on any atom is -0.466 e. The summed E-state index contributed by atoms with van der Waals surface area (Å²) in [7, 11) is 0. The largest absolute Gasteiger partial charge is 0.466 e. The number of aryl methyl sites for hydroxylation is 1. The molecule has 0 saturated carbocycles. The number of piperazine rings is 1. The molecule has 1 saturated heterocycles. The van der Waals surface area contributed by atoms with Crippen LogP contribution in [0.1, 0.15) is 29.6 Å². The van der Waals surface area contributed by atoms with Crippen molar-refractivity contribution in [1.29, 1.82) is 0 Å². The van der Waals surface area contributed by atoms with E-state index in [-0.39, 0.29) is 0 Å². The lowest BCUT2D eigenvalue weighted by Crippen LogP contribution is -2.46. The van der Waals surface area contributed by atoms with Crippen molar-refractivity contribution in [2.45, 2.75) is 26.2 Å². The number of furan rings is 1. The first-order valence-electron chi connectivity index (χ1n) is 10.5. The highest BCUT2D eigenvalue weighted by atomic mass is 16.3. The maximum absolute atomic E-state index is 6.05. The van der Waals surface area contributed by atoms with Crippen molar-refractivity contribution < 1.29 is 4.42 Å². The molecule has 3 heteroatoms. The smallest absolute Gasteiger partial charge is 0.108 e. The van der Waals surface area contributed by atoms with E-state index in [0.29, 0.717) is 0 Å². The zero-order valence-corrected chi connectivity index (χ0v) is 16.8. The molecule has 0 N–H and O–H groups in total. The number of anilines is 1. The van der Waals surface area contributed by atoms with Gasteiger partial charge in [-0.2, -0.15) is 0 Å². The number of nitrogens with zero attached hydrogens (tertiary/aromatic N) is 2. The van der Waals surface area contributed by atoms with E-state index in [0.717, 1.165) is 63.5 Å². The third kappa shape index (κ3) is 4.85. The van der Waals surface area contributed by atoms with Crippen LogP contribution in [0.3, 0.4) is 0 Å². The van der Waals surface area contributed by atoms with Crippen LogP contribution in [0, 0.1) is 0 Å². The van der Waals surface area contributed by atoms with Gasteiger partial charge in [-0.15, -0.1) is 0 Å². The highest BCUT2D eigenvalue weighted by molar-refractivity contribution is 5.48. The van der Waals surface area contributed by atoms with Crippen LogP contribution in [-0.4, -0.2) is 37.6 Å². The van der Waals surface area contributed by atoms with E-state index >= 15 is 0 Å². The lowest BCUT2D eigenvalue weighted by molar-refractivity contribution is 0.254. The van der Waals surface area contributed by atoms with Crippen molar-refractivity contribution in [2.24, 2.45) is 0 Å². The van der Waals surface area contributed by atoms with Crippen molar-refractivity contribution in [3.05, 3.63) is 89.4 Å². The monoisotopic (exact) mass is 374 g/mol. The summed E-state index contributed by atoms with van der Waals surface area (Å²) in [5.74, 6) is 2.16. The minimum absolute atomic E-state index is 0.871. The molecule has 28 heavy (non-hydrogen) atoms. The summed E-state index contributed by atoms with van der Waals surface area (Å²) in [6, 6.07) is 23.8. The molecule has 0 spiro atoms. The van der Waals surface area contributed by atoms with E-state index in [9.17, 15) is 0 Å². The molecule has 0 unspecified atom stereocenters. The van der Waals surface area contributed by atoms with Gasteiger partial charge < -0.3 is 9.32 Å². The topological polar surface area (TPSA) is 19.6 Å². The maximum atomic E-state index is 6.05. The van der Waals surface area contributed by atoms with Gasteiger partial charge in [-0.1, -0.05) is 49.4 Å². The molecule has 0 bridgehead atoms. The van der Waals surface area contributed by atoms with Gasteiger partial charge >= 0.3 is 0 Å². The van der Waals surface area contributed by atoms with Gasteiger partial charge in [0.1, 0.15) is 11.5 Å². The van der Waals surface area contributed by atoms with E-state index in [4.69, 9.17) is 4.42 Å². The Morgan fingerprint density at radius 1 is 0.750 bits per heavy atom. The summed E-state index contributed by atoms with van der Waals surface area (Å²) in [6.45, 7) is 7.71. The molecule has 3 nitrogen and oxygen atoms in total. The van der Waals surface area contributed by atoms with Crippen LogP contribution >= 0.6 is 0 Å². The molecule has 0 aliphatic carbocycles. The molecule has 3 aromatic rings. The number of hydrogen-bond donors (Lipinski definition) is 0. The lowest BCUT2D eigenvalue weighted by atomic mass is 10.1. The normalized spacial score (nSPS) is 15.1. The molecule has 1 aliphatic heterocycles. The Hall–Kier alpha value is -2.52. The Kier molecular flexibility index (Phi) is 6.13. The van der Waals surface area contributed by atoms with E-state index < -0.39 is 0 Å².